The van der Waals surface area contributed by atoms with Gasteiger partial charge in [-0.3, -0.25) is 0 Å². The molecular weight excluding hydrogens is 216 g/mol. The monoisotopic (exact) mass is 238 g/mol. The Hall–Kier alpha value is -0.410. The third kappa shape index (κ3) is 2.83. The second-order valence-electron chi connectivity index (χ2n) is 5.33. The molecule has 1 aliphatic rings. The van der Waals surface area contributed by atoms with Gasteiger partial charge in [-0.15, -0.1) is 11.3 Å². The maximum Gasteiger partial charge on any atom is 0.0957 e. The summed E-state index contributed by atoms with van der Waals surface area (Å²) < 4.78 is 0. The Kier molecular flexibility index (Phi) is 3.65. The van der Waals surface area contributed by atoms with Crippen molar-refractivity contribution in [2.24, 2.45) is 0 Å². The molecule has 0 spiro atoms. The first kappa shape index (κ1) is 12.1. The molecule has 16 heavy (non-hydrogen) atoms. The SMILES string of the molecule is CC(C)c1nc(C(C)C)c(CNC2CC2)s1. The molecule has 1 N–H and O–H groups in total. The Morgan fingerprint density at radius 3 is 2.44 bits per heavy atom. The quantitative estimate of drug-likeness (QED) is 0.847. The van der Waals surface area contributed by atoms with Gasteiger partial charge in [-0.2, -0.15) is 0 Å². The average molecular weight is 238 g/mol. The van der Waals surface area contributed by atoms with Crippen LogP contribution in [0.15, 0.2) is 0 Å². The van der Waals surface area contributed by atoms with Crippen LogP contribution >= 0.6 is 11.3 Å². The summed E-state index contributed by atoms with van der Waals surface area (Å²) in [4.78, 5) is 6.24. The van der Waals surface area contributed by atoms with Crippen LogP contribution in [0.2, 0.25) is 0 Å². The molecule has 0 saturated heterocycles. The first-order valence-electron chi connectivity index (χ1n) is 6.30. The van der Waals surface area contributed by atoms with Crippen molar-refractivity contribution in [2.45, 2.75) is 65.0 Å². The van der Waals surface area contributed by atoms with Gasteiger partial charge < -0.3 is 5.32 Å². The molecule has 2 rings (SSSR count). The Morgan fingerprint density at radius 1 is 1.25 bits per heavy atom. The number of hydrogen-bond donors (Lipinski definition) is 1. The summed E-state index contributed by atoms with van der Waals surface area (Å²) in [5.74, 6) is 1.09. The molecule has 0 amide bonds. The molecule has 3 heteroatoms. The molecule has 90 valence electrons. The van der Waals surface area contributed by atoms with Crippen LogP contribution < -0.4 is 5.32 Å². The van der Waals surface area contributed by atoms with Crippen molar-refractivity contribution >= 4 is 11.3 Å². The van der Waals surface area contributed by atoms with E-state index in [2.05, 4.69) is 33.0 Å². The van der Waals surface area contributed by atoms with Crippen molar-refractivity contribution in [2.75, 3.05) is 0 Å². The number of rotatable bonds is 5. The summed E-state index contributed by atoms with van der Waals surface area (Å²) in [7, 11) is 0. The van der Waals surface area contributed by atoms with Gasteiger partial charge in [0.15, 0.2) is 0 Å². The zero-order valence-corrected chi connectivity index (χ0v) is 11.5. The molecule has 1 aliphatic carbocycles. The number of nitrogens with zero attached hydrogens (tertiary/aromatic N) is 1. The molecule has 0 aliphatic heterocycles. The number of aromatic nitrogens is 1. The number of hydrogen-bond acceptors (Lipinski definition) is 3. The molecule has 2 nitrogen and oxygen atoms in total. The lowest BCUT2D eigenvalue weighted by atomic mass is 10.1. The van der Waals surface area contributed by atoms with Crippen molar-refractivity contribution in [1.82, 2.24) is 10.3 Å². The van der Waals surface area contributed by atoms with E-state index in [1.165, 1.54) is 28.4 Å². The third-order valence-corrected chi connectivity index (χ3v) is 4.29. The van der Waals surface area contributed by atoms with E-state index in [-0.39, 0.29) is 0 Å². The van der Waals surface area contributed by atoms with E-state index in [1.54, 1.807) is 0 Å². The fourth-order valence-corrected chi connectivity index (χ4v) is 2.91. The largest absolute Gasteiger partial charge is 0.309 e. The van der Waals surface area contributed by atoms with Crippen LogP contribution in [0.25, 0.3) is 0 Å². The second kappa shape index (κ2) is 4.84. The zero-order valence-electron chi connectivity index (χ0n) is 10.7. The van der Waals surface area contributed by atoms with E-state index in [4.69, 9.17) is 4.98 Å². The molecule has 0 aromatic carbocycles. The van der Waals surface area contributed by atoms with Crippen LogP contribution in [0.5, 0.6) is 0 Å². The lowest BCUT2D eigenvalue weighted by molar-refractivity contribution is 0.679. The molecule has 0 atom stereocenters. The van der Waals surface area contributed by atoms with Gasteiger partial charge in [0.05, 0.1) is 10.7 Å². The van der Waals surface area contributed by atoms with Gasteiger partial charge in [-0.25, -0.2) is 4.98 Å². The molecule has 1 saturated carbocycles. The Labute approximate surface area is 102 Å². The minimum Gasteiger partial charge on any atom is -0.309 e. The van der Waals surface area contributed by atoms with E-state index in [1.807, 2.05) is 11.3 Å². The smallest absolute Gasteiger partial charge is 0.0957 e. The standard InChI is InChI=1S/C13H22N2S/c1-8(2)12-11(7-14-10-5-6-10)16-13(15-12)9(3)4/h8-10,14H,5-7H2,1-4H3. The lowest BCUT2D eigenvalue weighted by Gasteiger charge is -2.05. The van der Waals surface area contributed by atoms with E-state index < -0.39 is 0 Å². The van der Waals surface area contributed by atoms with Crippen LogP contribution in [0.4, 0.5) is 0 Å². The van der Waals surface area contributed by atoms with Crippen molar-refractivity contribution in [3.63, 3.8) is 0 Å². The lowest BCUT2D eigenvalue weighted by Crippen LogP contribution is -2.15. The molecule has 1 fully saturated rings. The molecule has 1 aromatic rings. The maximum absolute atomic E-state index is 4.79. The molecule has 1 aromatic heterocycles. The van der Waals surface area contributed by atoms with Gasteiger partial charge in [0.25, 0.3) is 0 Å². The molecule has 0 radical (unpaired) electrons. The Morgan fingerprint density at radius 2 is 1.94 bits per heavy atom. The van der Waals surface area contributed by atoms with E-state index in [0.717, 1.165) is 12.6 Å². The molecular formula is C13H22N2S. The summed E-state index contributed by atoms with van der Waals surface area (Å²) in [6.45, 7) is 9.93. The van der Waals surface area contributed by atoms with E-state index in [9.17, 15) is 0 Å². The Bertz CT molecular complexity index is 351. The first-order valence-corrected chi connectivity index (χ1v) is 7.12. The Balaban J connectivity index is 2.11. The zero-order chi connectivity index (χ0) is 11.7. The fraction of sp³-hybridized carbons (Fsp3) is 0.769. The van der Waals surface area contributed by atoms with Gasteiger partial charge in [0, 0.05) is 23.4 Å². The van der Waals surface area contributed by atoms with E-state index >= 15 is 0 Å². The predicted molar refractivity (Wildman–Crippen MR) is 70.2 cm³/mol. The van der Waals surface area contributed by atoms with Gasteiger partial charge in [0.1, 0.15) is 0 Å². The summed E-state index contributed by atoms with van der Waals surface area (Å²) in [6, 6.07) is 0.782. The summed E-state index contributed by atoms with van der Waals surface area (Å²) in [5.41, 5.74) is 1.31. The fourth-order valence-electron chi connectivity index (χ4n) is 1.73. The van der Waals surface area contributed by atoms with Crippen molar-refractivity contribution in [3.8, 4) is 0 Å². The second-order valence-corrected chi connectivity index (χ2v) is 6.44. The molecule has 0 bridgehead atoms. The highest BCUT2D eigenvalue weighted by atomic mass is 32.1. The first-order chi connectivity index (χ1) is 7.58. The topological polar surface area (TPSA) is 24.9 Å². The summed E-state index contributed by atoms with van der Waals surface area (Å²) in [5, 5.41) is 4.88. The van der Waals surface area contributed by atoms with Crippen LogP contribution in [-0.4, -0.2) is 11.0 Å². The highest BCUT2D eigenvalue weighted by Gasteiger charge is 2.22. The van der Waals surface area contributed by atoms with Gasteiger partial charge in [-0.05, 0) is 18.8 Å². The highest BCUT2D eigenvalue weighted by Crippen LogP contribution is 2.30. The summed E-state index contributed by atoms with van der Waals surface area (Å²) in [6.07, 6.45) is 2.71. The van der Waals surface area contributed by atoms with Crippen LogP contribution in [-0.2, 0) is 6.54 Å². The van der Waals surface area contributed by atoms with Crippen LogP contribution in [0.3, 0.4) is 0 Å². The van der Waals surface area contributed by atoms with Crippen LogP contribution in [0.1, 0.15) is 68.0 Å². The molecule has 0 unspecified atom stereocenters. The van der Waals surface area contributed by atoms with Gasteiger partial charge >= 0.3 is 0 Å². The highest BCUT2D eigenvalue weighted by molar-refractivity contribution is 7.11. The normalized spacial score (nSPS) is 16.4. The van der Waals surface area contributed by atoms with Crippen molar-refractivity contribution in [1.29, 1.82) is 0 Å². The van der Waals surface area contributed by atoms with E-state index in [0.29, 0.717) is 11.8 Å². The van der Waals surface area contributed by atoms with Crippen molar-refractivity contribution in [3.05, 3.63) is 15.6 Å². The third-order valence-electron chi connectivity index (χ3n) is 2.91. The van der Waals surface area contributed by atoms with Gasteiger partial charge in [0.2, 0.25) is 0 Å². The predicted octanol–water partition coefficient (Wildman–Crippen LogP) is 3.64. The maximum atomic E-state index is 4.79. The van der Waals surface area contributed by atoms with Gasteiger partial charge in [-0.1, -0.05) is 27.7 Å². The van der Waals surface area contributed by atoms with Crippen molar-refractivity contribution < 1.29 is 0 Å². The average Bonchev–Trinajstić information content (AvgIpc) is 2.92. The number of nitrogens with one attached hydrogen (secondary N) is 1. The minimum absolute atomic E-state index is 0.541. The van der Waals surface area contributed by atoms with Crippen LogP contribution in [0, 0.1) is 0 Å². The number of thiazole rings is 1. The minimum atomic E-state index is 0.541. The summed E-state index contributed by atoms with van der Waals surface area (Å²) >= 11 is 1.89. The molecule has 1 heterocycles.